The van der Waals surface area contributed by atoms with Gasteiger partial charge in [0.2, 0.25) is 15.9 Å². The second-order valence-corrected chi connectivity index (χ2v) is 8.12. The zero-order chi connectivity index (χ0) is 17.3. The molecule has 1 unspecified atom stereocenters. The maximum atomic E-state index is 12.5. The van der Waals surface area contributed by atoms with Gasteiger partial charge in [-0.05, 0) is 36.2 Å². The Morgan fingerprint density at radius 1 is 1.29 bits per heavy atom. The van der Waals surface area contributed by atoms with Crippen LogP contribution in [0, 0.1) is 0 Å². The molecule has 8 heteroatoms. The van der Waals surface area contributed by atoms with Gasteiger partial charge in [-0.25, -0.2) is 13.6 Å². The number of hydrogen-bond donors (Lipinski definition) is 2. The number of sulfonamides is 1. The number of ether oxygens (including phenoxy) is 1. The van der Waals surface area contributed by atoms with Gasteiger partial charge in [0.25, 0.3) is 0 Å². The van der Waals surface area contributed by atoms with Gasteiger partial charge in [0, 0.05) is 4.90 Å². The van der Waals surface area contributed by atoms with Crippen molar-refractivity contribution in [2.75, 3.05) is 12.4 Å². The van der Waals surface area contributed by atoms with Crippen molar-refractivity contribution in [2.45, 2.75) is 21.5 Å². The quantitative estimate of drug-likeness (QED) is 0.864. The van der Waals surface area contributed by atoms with E-state index in [9.17, 15) is 13.2 Å². The van der Waals surface area contributed by atoms with E-state index in [2.05, 4.69) is 5.32 Å². The fraction of sp³-hybridized carbons (Fsp3) is 0.188. The Morgan fingerprint density at radius 2 is 2.04 bits per heavy atom. The molecule has 2 aromatic carbocycles. The van der Waals surface area contributed by atoms with E-state index in [0.717, 1.165) is 10.5 Å². The Labute approximate surface area is 144 Å². The number of hydrogen-bond acceptors (Lipinski definition) is 5. The van der Waals surface area contributed by atoms with Crippen molar-refractivity contribution in [3.05, 3.63) is 48.0 Å². The third-order valence-electron chi connectivity index (χ3n) is 3.70. The maximum absolute atomic E-state index is 12.5. The third kappa shape index (κ3) is 3.40. The molecule has 1 aliphatic heterocycles. The smallest absolute Gasteiger partial charge is 0.238 e. The number of methoxy groups -OCH3 is 1. The highest BCUT2D eigenvalue weighted by Crippen LogP contribution is 2.38. The number of carbonyl (C=O) groups excluding carboxylic acids is 1. The minimum atomic E-state index is -3.86. The summed E-state index contributed by atoms with van der Waals surface area (Å²) in [6, 6.07) is 12.0. The first-order valence-corrected chi connectivity index (χ1v) is 9.57. The predicted molar refractivity (Wildman–Crippen MR) is 92.8 cm³/mol. The van der Waals surface area contributed by atoms with Crippen LogP contribution in [0.5, 0.6) is 5.75 Å². The number of fused-ring (bicyclic) bond motifs is 1. The molecule has 1 amide bonds. The van der Waals surface area contributed by atoms with Crippen molar-refractivity contribution >= 4 is 33.4 Å². The van der Waals surface area contributed by atoms with Crippen LogP contribution in [0.3, 0.4) is 0 Å². The van der Waals surface area contributed by atoms with Crippen molar-refractivity contribution in [3.8, 4) is 5.75 Å². The predicted octanol–water partition coefficient (Wildman–Crippen LogP) is 2.00. The summed E-state index contributed by atoms with van der Waals surface area (Å²) >= 11 is 1.49. The van der Waals surface area contributed by atoms with Crippen molar-refractivity contribution in [1.29, 1.82) is 0 Å². The van der Waals surface area contributed by atoms with Crippen LogP contribution in [0.2, 0.25) is 0 Å². The summed E-state index contributed by atoms with van der Waals surface area (Å²) in [5.74, 6) is 0.164. The maximum Gasteiger partial charge on any atom is 0.238 e. The van der Waals surface area contributed by atoms with Crippen LogP contribution in [0.15, 0.2) is 52.3 Å². The van der Waals surface area contributed by atoms with Gasteiger partial charge in [0.1, 0.15) is 5.75 Å². The Bertz CT molecular complexity index is 872. The SMILES string of the molecule is COc1ccc(S(N)(=O)=O)cc1NC(=O)C1Cc2ccccc2S1. The molecular weight excluding hydrogens is 348 g/mol. The monoisotopic (exact) mass is 364 g/mol. The Hall–Kier alpha value is -2.03. The summed E-state index contributed by atoms with van der Waals surface area (Å²) in [7, 11) is -2.41. The van der Waals surface area contributed by atoms with E-state index in [0.29, 0.717) is 12.2 Å². The molecule has 1 heterocycles. The standard InChI is InChI=1S/C16H16N2O4S2/c1-22-13-7-6-11(24(17,20)21)9-12(13)18-16(19)15-8-10-4-2-3-5-14(10)23-15/h2-7,9,15H,8H2,1H3,(H,18,19)(H2,17,20,21). The molecule has 0 spiro atoms. The molecule has 126 valence electrons. The minimum Gasteiger partial charge on any atom is -0.495 e. The van der Waals surface area contributed by atoms with Crippen molar-refractivity contribution in [3.63, 3.8) is 0 Å². The van der Waals surface area contributed by atoms with E-state index in [1.165, 1.54) is 37.1 Å². The van der Waals surface area contributed by atoms with Crippen LogP contribution in [-0.4, -0.2) is 26.7 Å². The second-order valence-electron chi connectivity index (χ2n) is 5.31. The molecule has 2 aromatic rings. The Balaban J connectivity index is 1.82. The normalized spacial score (nSPS) is 16.5. The molecule has 6 nitrogen and oxygen atoms in total. The van der Waals surface area contributed by atoms with Crippen LogP contribution in [0.1, 0.15) is 5.56 Å². The topological polar surface area (TPSA) is 98.5 Å². The molecule has 0 bridgehead atoms. The lowest BCUT2D eigenvalue weighted by molar-refractivity contribution is -0.115. The fourth-order valence-corrected chi connectivity index (χ4v) is 4.24. The molecule has 3 rings (SSSR count). The first-order chi connectivity index (χ1) is 11.4. The number of nitrogens with one attached hydrogen (secondary N) is 1. The number of carbonyl (C=O) groups is 1. The lowest BCUT2D eigenvalue weighted by Gasteiger charge is -2.14. The summed E-state index contributed by atoms with van der Waals surface area (Å²) in [4.78, 5) is 13.5. The van der Waals surface area contributed by atoms with E-state index in [1.807, 2.05) is 24.3 Å². The number of anilines is 1. The van der Waals surface area contributed by atoms with Crippen LogP contribution >= 0.6 is 11.8 Å². The molecule has 3 N–H and O–H groups in total. The van der Waals surface area contributed by atoms with Gasteiger partial charge in [-0.2, -0.15) is 0 Å². The molecule has 0 saturated heterocycles. The van der Waals surface area contributed by atoms with Crippen molar-refractivity contribution < 1.29 is 17.9 Å². The fourth-order valence-electron chi connectivity index (χ4n) is 2.50. The number of nitrogens with two attached hydrogens (primary N) is 1. The zero-order valence-corrected chi connectivity index (χ0v) is 14.5. The molecule has 0 aromatic heterocycles. The largest absolute Gasteiger partial charge is 0.495 e. The highest BCUT2D eigenvalue weighted by Gasteiger charge is 2.28. The lowest BCUT2D eigenvalue weighted by atomic mass is 10.1. The van der Waals surface area contributed by atoms with Gasteiger partial charge in [-0.15, -0.1) is 11.8 Å². The Kier molecular flexibility index (Phi) is 4.53. The number of primary sulfonamides is 1. The minimum absolute atomic E-state index is 0.0824. The molecule has 1 atom stereocenters. The van der Waals surface area contributed by atoms with E-state index in [4.69, 9.17) is 9.88 Å². The summed E-state index contributed by atoms with van der Waals surface area (Å²) in [5, 5.41) is 7.62. The van der Waals surface area contributed by atoms with E-state index in [1.54, 1.807) is 0 Å². The summed E-state index contributed by atoms with van der Waals surface area (Å²) in [5.41, 5.74) is 1.42. The van der Waals surface area contributed by atoms with Gasteiger partial charge < -0.3 is 10.1 Å². The van der Waals surface area contributed by atoms with Crippen molar-refractivity contribution in [1.82, 2.24) is 0 Å². The van der Waals surface area contributed by atoms with Crippen LogP contribution in [0.4, 0.5) is 5.69 Å². The van der Waals surface area contributed by atoms with Gasteiger partial charge >= 0.3 is 0 Å². The second kappa shape index (κ2) is 6.46. The van der Waals surface area contributed by atoms with Crippen LogP contribution < -0.4 is 15.2 Å². The van der Waals surface area contributed by atoms with E-state index >= 15 is 0 Å². The average Bonchev–Trinajstić information content (AvgIpc) is 2.98. The first kappa shape index (κ1) is 16.8. The van der Waals surface area contributed by atoms with E-state index in [-0.39, 0.29) is 21.7 Å². The Morgan fingerprint density at radius 3 is 2.71 bits per heavy atom. The third-order valence-corrected chi connectivity index (χ3v) is 5.93. The number of thioether (sulfide) groups is 1. The van der Waals surface area contributed by atoms with Gasteiger partial charge in [0.15, 0.2) is 0 Å². The summed E-state index contributed by atoms with van der Waals surface area (Å²) in [6.45, 7) is 0. The lowest BCUT2D eigenvalue weighted by Crippen LogP contribution is -2.25. The highest BCUT2D eigenvalue weighted by atomic mass is 32.2. The van der Waals surface area contributed by atoms with Gasteiger partial charge in [-0.3, -0.25) is 4.79 Å². The van der Waals surface area contributed by atoms with Crippen LogP contribution in [-0.2, 0) is 21.2 Å². The van der Waals surface area contributed by atoms with Gasteiger partial charge in [0.05, 0.1) is 22.9 Å². The molecule has 24 heavy (non-hydrogen) atoms. The molecule has 0 radical (unpaired) electrons. The number of benzene rings is 2. The molecular formula is C16H16N2O4S2. The molecule has 0 fully saturated rings. The zero-order valence-electron chi connectivity index (χ0n) is 12.9. The van der Waals surface area contributed by atoms with Crippen LogP contribution in [0.25, 0.3) is 0 Å². The first-order valence-electron chi connectivity index (χ1n) is 7.15. The highest BCUT2D eigenvalue weighted by molar-refractivity contribution is 8.01. The summed E-state index contributed by atoms with van der Waals surface area (Å²) in [6.07, 6.45) is 0.629. The van der Waals surface area contributed by atoms with E-state index < -0.39 is 10.0 Å². The molecule has 0 saturated carbocycles. The number of amides is 1. The molecule has 0 aliphatic carbocycles. The molecule has 1 aliphatic rings. The van der Waals surface area contributed by atoms with Gasteiger partial charge in [-0.1, -0.05) is 18.2 Å². The van der Waals surface area contributed by atoms with Crippen molar-refractivity contribution in [2.24, 2.45) is 5.14 Å². The number of rotatable bonds is 4. The summed E-state index contributed by atoms with van der Waals surface area (Å²) < 4.78 is 28.2. The average molecular weight is 364 g/mol.